The van der Waals surface area contributed by atoms with Gasteiger partial charge in [0, 0.05) is 23.5 Å². The smallest absolute Gasteiger partial charge is 0.267 e. The van der Waals surface area contributed by atoms with Gasteiger partial charge in [-0.2, -0.15) is 0 Å². The SMILES string of the molecule is CC[C@H](O)C(=O)CN[C@H]1c2ccccc2C[C@@H]1CNC(=O)c1cc2ccccc2[nH]1. The van der Waals surface area contributed by atoms with Crippen LogP contribution in [0, 0.1) is 5.92 Å². The Hall–Kier alpha value is -2.96. The number of fused-ring (bicyclic) bond motifs is 2. The monoisotopic (exact) mass is 405 g/mol. The third kappa shape index (κ3) is 4.15. The number of amides is 1. The van der Waals surface area contributed by atoms with Crippen LogP contribution in [0.1, 0.15) is 41.0 Å². The summed E-state index contributed by atoms with van der Waals surface area (Å²) in [5, 5.41) is 17.1. The van der Waals surface area contributed by atoms with Gasteiger partial charge in [0.2, 0.25) is 0 Å². The Kier molecular flexibility index (Phi) is 5.97. The Bertz CT molecular complexity index is 1030. The summed E-state index contributed by atoms with van der Waals surface area (Å²) in [4.78, 5) is 28.0. The summed E-state index contributed by atoms with van der Waals surface area (Å²) in [5.74, 6) is -0.219. The van der Waals surface area contributed by atoms with E-state index in [9.17, 15) is 14.7 Å². The minimum Gasteiger partial charge on any atom is -0.385 e. The van der Waals surface area contributed by atoms with Gasteiger partial charge in [0.05, 0.1) is 6.54 Å². The van der Waals surface area contributed by atoms with Gasteiger partial charge < -0.3 is 20.7 Å². The van der Waals surface area contributed by atoms with Crippen LogP contribution in [0.4, 0.5) is 0 Å². The van der Waals surface area contributed by atoms with Crippen molar-refractivity contribution in [2.45, 2.75) is 31.9 Å². The summed E-state index contributed by atoms with van der Waals surface area (Å²) in [7, 11) is 0. The number of H-pyrrole nitrogens is 1. The standard InChI is InChI=1S/C24H27N3O3/c1-2-21(28)22(29)14-25-23-17(11-15-7-3-5-9-18(15)23)13-26-24(30)20-12-16-8-4-6-10-19(16)27-20/h3-10,12,17,21,23,25,27-28H,2,11,13-14H2,1H3,(H,26,30)/t17-,21+,23-/m1/s1. The average molecular weight is 405 g/mol. The zero-order chi connectivity index (χ0) is 21.1. The third-order valence-electron chi connectivity index (χ3n) is 5.90. The highest BCUT2D eigenvalue weighted by Crippen LogP contribution is 2.35. The molecule has 156 valence electrons. The number of aliphatic hydroxyl groups is 1. The first kappa shape index (κ1) is 20.3. The van der Waals surface area contributed by atoms with Gasteiger partial charge in [-0.15, -0.1) is 0 Å². The number of para-hydroxylation sites is 1. The molecule has 3 atom stereocenters. The molecule has 0 unspecified atom stereocenters. The molecule has 0 fully saturated rings. The lowest BCUT2D eigenvalue weighted by molar-refractivity contribution is -0.126. The van der Waals surface area contributed by atoms with Gasteiger partial charge in [-0.3, -0.25) is 9.59 Å². The van der Waals surface area contributed by atoms with E-state index in [2.05, 4.69) is 27.8 Å². The summed E-state index contributed by atoms with van der Waals surface area (Å²) in [6.07, 6.45) is 0.297. The topological polar surface area (TPSA) is 94.2 Å². The largest absolute Gasteiger partial charge is 0.385 e. The van der Waals surface area contributed by atoms with E-state index in [4.69, 9.17) is 0 Å². The molecule has 1 aliphatic rings. The Morgan fingerprint density at radius 3 is 2.73 bits per heavy atom. The maximum atomic E-state index is 12.7. The first-order valence-corrected chi connectivity index (χ1v) is 10.4. The van der Waals surface area contributed by atoms with Gasteiger partial charge in [0.1, 0.15) is 11.8 Å². The highest BCUT2D eigenvalue weighted by atomic mass is 16.3. The quantitative estimate of drug-likeness (QED) is 0.464. The van der Waals surface area contributed by atoms with E-state index >= 15 is 0 Å². The first-order chi connectivity index (χ1) is 14.6. The Morgan fingerprint density at radius 1 is 1.17 bits per heavy atom. The normalized spacial score (nSPS) is 18.9. The number of benzene rings is 2. The molecule has 6 nitrogen and oxygen atoms in total. The van der Waals surface area contributed by atoms with Crippen LogP contribution in [-0.2, 0) is 11.2 Å². The number of carbonyl (C=O) groups excluding carboxylic acids is 2. The molecule has 4 rings (SSSR count). The van der Waals surface area contributed by atoms with Gasteiger partial charge in [0.15, 0.2) is 5.78 Å². The van der Waals surface area contributed by atoms with Gasteiger partial charge in [-0.05, 0) is 42.0 Å². The van der Waals surface area contributed by atoms with Crippen molar-refractivity contribution in [3.63, 3.8) is 0 Å². The van der Waals surface area contributed by atoms with E-state index in [1.165, 1.54) is 5.56 Å². The maximum absolute atomic E-state index is 12.7. The molecule has 1 amide bonds. The van der Waals surface area contributed by atoms with Crippen molar-refractivity contribution >= 4 is 22.6 Å². The van der Waals surface area contributed by atoms with Crippen LogP contribution >= 0.6 is 0 Å². The molecule has 3 aromatic rings. The fourth-order valence-corrected chi connectivity index (χ4v) is 4.22. The third-order valence-corrected chi connectivity index (χ3v) is 5.90. The molecule has 0 bridgehead atoms. The van der Waals surface area contributed by atoms with Gasteiger partial charge in [0.25, 0.3) is 5.91 Å². The molecule has 1 heterocycles. The van der Waals surface area contributed by atoms with Crippen LogP contribution in [-0.4, -0.2) is 41.0 Å². The number of Topliss-reactive ketones (excluding diaryl/α,β-unsaturated/α-hetero) is 1. The maximum Gasteiger partial charge on any atom is 0.267 e. The predicted octanol–water partition coefficient (Wildman–Crippen LogP) is 2.74. The first-order valence-electron chi connectivity index (χ1n) is 10.4. The number of ketones is 1. The number of hydrogen-bond acceptors (Lipinski definition) is 4. The molecule has 0 saturated heterocycles. The summed E-state index contributed by atoms with van der Waals surface area (Å²) < 4.78 is 0. The van der Waals surface area contributed by atoms with E-state index in [0.29, 0.717) is 18.7 Å². The molecule has 2 aromatic carbocycles. The lowest BCUT2D eigenvalue weighted by atomic mass is 10.00. The number of rotatable bonds is 8. The van der Waals surface area contributed by atoms with E-state index < -0.39 is 6.10 Å². The van der Waals surface area contributed by atoms with Crippen molar-refractivity contribution in [2.24, 2.45) is 5.92 Å². The Balaban J connectivity index is 1.43. The highest BCUT2D eigenvalue weighted by molar-refractivity contribution is 5.98. The molecule has 0 spiro atoms. The number of aromatic amines is 1. The minimum absolute atomic E-state index is 0.0442. The lowest BCUT2D eigenvalue weighted by Crippen LogP contribution is -2.39. The average Bonchev–Trinajstić information content (AvgIpc) is 3.36. The number of hydrogen-bond donors (Lipinski definition) is 4. The van der Waals surface area contributed by atoms with Crippen LogP contribution < -0.4 is 10.6 Å². The highest BCUT2D eigenvalue weighted by Gasteiger charge is 2.33. The van der Waals surface area contributed by atoms with Crippen molar-refractivity contribution in [1.82, 2.24) is 15.6 Å². The summed E-state index contributed by atoms with van der Waals surface area (Å²) in [6, 6.07) is 17.8. The molecule has 30 heavy (non-hydrogen) atoms. The molecule has 6 heteroatoms. The van der Waals surface area contributed by atoms with E-state index in [1.807, 2.05) is 42.5 Å². The van der Waals surface area contributed by atoms with Crippen LogP contribution in [0.15, 0.2) is 54.6 Å². The predicted molar refractivity (Wildman–Crippen MR) is 116 cm³/mol. The molecular formula is C24H27N3O3. The Morgan fingerprint density at radius 2 is 1.93 bits per heavy atom. The van der Waals surface area contributed by atoms with Crippen LogP contribution in [0.2, 0.25) is 0 Å². The zero-order valence-corrected chi connectivity index (χ0v) is 17.0. The number of aromatic nitrogens is 1. The van der Waals surface area contributed by atoms with Crippen molar-refractivity contribution < 1.29 is 14.7 Å². The Labute approximate surface area is 175 Å². The second-order valence-electron chi connectivity index (χ2n) is 7.89. The lowest BCUT2D eigenvalue weighted by Gasteiger charge is -2.22. The summed E-state index contributed by atoms with van der Waals surface area (Å²) >= 11 is 0. The number of carbonyl (C=O) groups is 2. The molecule has 0 aliphatic heterocycles. The van der Waals surface area contributed by atoms with Gasteiger partial charge in [-0.1, -0.05) is 49.4 Å². The molecule has 1 aliphatic carbocycles. The van der Waals surface area contributed by atoms with Crippen molar-refractivity contribution in [2.75, 3.05) is 13.1 Å². The second kappa shape index (κ2) is 8.81. The number of aliphatic hydroxyl groups excluding tert-OH is 1. The van der Waals surface area contributed by atoms with Crippen molar-refractivity contribution in [3.8, 4) is 0 Å². The minimum atomic E-state index is -0.936. The van der Waals surface area contributed by atoms with E-state index in [0.717, 1.165) is 22.9 Å². The van der Waals surface area contributed by atoms with Crippen molar-refractivity contribution in [1.29, 1.82) is 0 Å². The molecule has 0 saturated carbocycles. The molecular weight excluding hydrogens is 378 g/mol. The fourth-order valence-electron chi connectivity index (χ4n) is 4.22. The van der Waals surface area contributed by atoms with Gasteiger partial charge in [-0.25, -0.2) is 0 Å². The summed E-state index contributed by atoms with van der Waals surface area (Å²) in [5.41, 5.74) is 3.85. The molecule has 0 radical (unpaired) electrons. The van der Waals surface area contributed by atoms with Gasteiger partial charge >= 0.3 is 0 Å². The van der Waals surface area contributed by atoms with Crippen LogP contribution in [0.25, 0.3) is 10.9 Å². The van der Waals surface area contributed by atoms with Crippen molar-refractivity contribution in [3.05, 3.63) is 71.4 Å². The molecule has 4 N–H and O–H groups in total. The van der Waals surface area contributed by atoms with Crippen LogP contribution in [0.5, 0.6) is 0 Å². The zero-order valence-electron chi connectivity index (χ0n) is 17.0. The number of nitrogens with one attached hydrogen (secondary N) is 3. The fraction of sp³-hybridized carbons (Fsp3) is 0.333. The molecule has 1 aromatic heterocycles. The van der Waals surface area contributed by atoms with E-state index in [-0.39, 0.29) is 30.2 Å². The van der Waals surface area contributed by atoms with Crippen LogP contribution in [0.3, 0.4) is 0 Å². The second-order valence-corrected chi connectivity index (χ2v) is 7.89. The summed E-state index contributed by atoms with van der Waals surface area (Å²) in [6.45, 7) is 2.39. The van der Waals surface area contributed by atoms with E-state index in [1.54, 1.807) is 6.92 Å².